The van der Waals surface area contributed by atoms with E-state index >= 15 is 0 Å². The molecule has 0 unspecified atom stereocenters. The van der Waals surface area contributed by atoms with Gasteiger partial charge in [-0.3, -0.25) is 4.79 Å². The molecule has 1 fully saturated rings. The Labute approximate surface area is 189 Å². The van der Waals surface area contributed by atoms with E-state index < -0.39 is 0 Å². The molecule has 1 aliphatic heterocycles. The first-order chi connectivity index (χ1) is 15.7. The summed E-state index contributed by atoms with van der Waals surface area (Å²) in [5.74, 6) is 0.827. The average molecular weight is 422 g/mol. The molecule has 1 amide bonds. The van der Waals surface area contributed by atoms with E-state index in [0.29, 0.717) is 5.92 Å². The lowest BCUT2D eigenvalue weighted by Crippen LogP contribution is -2.37. The van der Waals surface area contributed by atoms with Crippen molar-refractivity contribution >= 4 is 5.91 Å². The number of piperidine rings is 1. The van der Waals surface area contributed by atoms with Gasteiger partial charge in [0.2, 0.25) is 0 Å². The standard InChI is InChI=1S/C28H27N3O/c1-21-16-18-30(19-17-21)28(32)24-12-14-25(15-13-24)31-27(23-10-6-3-7-11-23)20-26(29-31)22-8-4-2-5-9-22/h2-15,20-21H,16-19H2,1H3. The van der Waals surface area contributed by atoms with Gasteiger partial charge in [0.15, 0.2) is 0 Å². The molecule has 3 aromatic carbocycles. The highest BCUT2D eigenvalue weighted by Crippen LogP contribution is 2.29. The Morgan fingerprint density at radius 2 is 1.41 bits per heavy atom. The number of benzene rings is 3. The van der Waals surface area contributed by atoms with Gasteiger partial charge in [-0.25, -0.2) is 4.68 Å². The molecule has 1 saturated heterocycles. The first-order valence-electron chi connectivity index (χ1n) is 11.3. The minimum atomic E-state index is 0.122. The molecule has 0 saturated carbocycles. The van der Waals surface area contributed by atoms with E-state index in [0.717, 1.165) is 59.7 Å². The van der Waals surface area contributed by atoms with Gasteiger partial charge in [0.05, 0.1) is 17.1 Å². The number of carbonyl (C=O) groups is 1. The lowest BCUT2D eigenvalue weighted by atomic mass is 9.98. The van der Waals surface area contributed by atoms with Gasteiger partial charge >= 0.3 is 0 Å². The number of aromatic nitrogens is 2. The lowest BCUT2D eigenvalue weighted by Gasteiger charge is -2.30. The van der Waals surface area contributed by atoms with Crippen molar-refractivity contribution in [2.24, 2.45) is 5.92 Å². The predicted molar refractivity (Wildman–Crippen MR) is 129 cm³/mol. The fraction of sp³-hybridized carbons (Fsp3) is 0.214. The molecule has 0 N–H and O–H groups in total. The molecule has 0 bridgehead atoms. The summed E-state index contributed by atoms with van der Waals surface area (Å²) < 4.78 is 1.97. The third-order valence-corrected chi connectivity index (χ3v) is 6.28. The molecule has 4 nitrogen and oxygen atoms in total. The van der Waals surface area contributed by atoms with Gasteiger partial charge in [0, 0.05) is 29.8 Å². The van der Waals surface area contributed by atoms with E-state index in [2.05, 4.69) is 37.3 Å². The van der Waals surface area contributed by atoms with Crippen LogP contribution in [0.2, 0.25) is 0 Å². The number of carbonyl (C=O) groups excluding carboxylic acids is 1. The number of hydrogen-bond acceptors (Lipinski definition) is 2. The maximum absolute atomic E-state index is 12.9. The van der Waals surface area contributed by atoms with Crippen LogP contribution in [0.1, 0.15) is 30.1 Å². The van der Waals surface area contributed by atoms with Gasteiger partial charge in [-0.2, -0.15) is 5.10 Å². The Hall–Kier alpha value is -3.66. The smallest absolute Gasteiger partial charge is 0.253 e. The Balaban J connectivity index is 1.48. The van der Waals surface area contributed by atoms with Crippen LogP contribution in [0.25, 0.3) is 28.2 Å². The number of rotatable bonds is 4. The molecule has 0 atom stereocenters. The Kier molecular flexibility index (Phi) is 5.59. The first-order valence-corrected chi connectivity index (χ1v) is 11.3. The summed E-state index contributed by atoms with van der Waals surface area (Å²) in [6.07, 6.45) is 2.17. The largest absolute Gasteiger partial charge is 0.339 e. The Morgan fingerprint density at radius 3 is 2.03 bits per heavy atom. The Morgan fingerprint density at radius 1 is 0.812 bits per heavy atom. The number of likely N-dealkylation sites (tertiary alicyclic amines) is 1. The molecule has 0 aliphatic carbocycles. The van der Waals surface area contributed by atoms with Crippen molar-refractivity contribution in [2.45, 2.75) is 19.8 Å². The quantitative estimate of drug-likeness (QED) is 0.401. The summed E-state index contributed by atoms with van der Waals surface area (Å²) >= 11 is 0. The SMILES string of the molecule is CC1CCN(C(=O)c2ccc(-n3nc(-c4ccccc4)cc3-c3ccccc3)cc2)CC1. The number of amides is 1. The maximum atomic E-state index is 12.9. The van der Waals surface area contributed by atoms with Gasteiger partial charge < -0.3 is 4.90 Å². The molecule has 0 spiro atoms. The third kappa shape index (κ3) is 4.09. The normalized spacial score (nSPS) is 14.5. The van der Waals surface area contributed by atoms with Gasteiger partial charge in [-0.05, 0) is 49.1 Å². The van der Waals surface area contributed by atoms with E-state index in [-0.39, 0.29) is 5.91 Å². The minimum Gasteiger partial charge on any atom is -0.339 e. The fourth-order valence-electron chi connectivity index (χ4n) is 4.28. The van der Waals surface area contributed by atoms with Crippen LogP contribution in [0.4, 0.5) is 0 Å². The van der Waals surface area contributed by atoms with Crippen LogP contribution in [0.5, 0.6) is 0 Å². The second kappa shape index (κ2) is 8.83. The van der Waals surface area contributed by atoms with Gasteiger partial charge in [0.25, 0.3) is 5.91 Å². The van der Waals surface area contributed by atoms with Crippen LogP contribution in [0.3, 0.4) is 0 Å². The van der Waals surface area contributed by atoms with Gasteiger partial charge in [-0.1, -0.05) is 67.6 Å². The van der Waals surface area contributed by atoms with Crippen molar-refractivity contribution in [1.29, 1.82) is 0 Å². The zero-order chi connectivity index (χ0) is 21.9. The summed E-state index contributed by atoms with van der Waals surface area (Å²) in [6, 6.07) is 30.5. The molecular formula is C28H27N3O. The van der Waals surface area contributed by atoms with Crippen molar-refractivity contribution < 1.29 is 4.79 Å². The summed E-state index contributed by atoms with van der Waals surface area (Å²) in [4.78, 5) is 14.9. The summed E-state index contributed by atoms with van der Waals surface area (Å²) in [5, 5.41) is 4.92. The van der Waals surface area contributed by atoms with Crippen molar-refractivity contribution in [1.82, 2.24) is 14.7 Å². The molecule has 4 heteroatoms. The van der Waals surface area contributed by atoms with Crippen molar-refractivity contribution in [2.75, 3.05) is 13.1 Å². The van der Waals surface area contributed by atoms with Crippen LogP contribution >= 0.6 is 0 Å². The monoisotopic (exact) mass is 421 g/mol. The molecule has 4 aromatic rings. The highest BCUT2D eigenvalue weighted by Gasteiger charge is 2.21. The van der Waals surface area contributed by atoms with E-state index in [9.17, 15) is 4.79 Å². The predicted octanol–water partition coefficient (Wildman–Crippen LogP) is 6.08. The van der Waals surface area contributed by atoms with E-state index in [4.69, 9.17) is 5.10 Å². The van der Waals surface area contributed by atoms with Crippen LogP contribution in [0.15, 0.2) is 91.0 Å². The van der Waals surface area contributed by atoms with Crippen LogP contribution in [-0.4, -0.2) is 33.7 Å². The van der Waals surface area contributed by atoms with Crippen LogP contribution < -0.4 is 0 Å². The summed E-state index contributed by atoms with van der Waals surface area (Å²) in [6.45, 7) is 3.95. The molecule has 160 valence electrons. The van der Waals surface area contributed by atoms with Gasteiger partial charge in [-0.15, -0.1) is 0 Å². The maximum Gasteiger partial charge on any atom is 0.253 e. The third-order valence-electron chi connectivity index (χ3n) is 6.28. The molecule has 32 heavy (non-hydrogen) atoms. The zero-order valence-electron chi connectivity index (χ0n) is 18.3. The molecule has 2 heterocycles. The second-order valence-corrected chi connectivity index (χ2v) is 8.58. The molecular weight excluding hydrogens is 394 g/mol. The topological polar surface area (TPSA) is 38.1 Å². The Bertz CT molecular complexity index is 1190. The van der Waals surface area contributed by atoms with Crippen LogP contribution in [-0.2, 0) is 0 Å². The van der Waals surface area contributed by atoms with Gasteiger partial charge in [0.1, 0.15) is 0 Å². The second-order valence-electron chi connectivity index (χ2n) is 8.58. The molecule has 5 rings (SSSR count). The summed E-state index contributed by atoms with van der Waals surface area (Å²) in [5.41, 5.74) is 5.80. The molecule has 1 aromatic heterocycles. The van der Waals surface area contributed by atoms with Crippen LogP contribution in [0, 0.1) is 5.92 Å². The number of hydrogen-bond donors (Lipinski definition) is 0. The van der Waals surface area contributed by atoms with Crippen molar-refractivity contribution in [3.8, 4) is 28.2 Å². The minimum absolute atomic E-state index is 0.122. The van der Waals surface area contributed by atoms with E-state index in [1.165, 1.54) is 0 Å². The van der Waals surface area contributed by atoms with Crippen molar-refractivity contribution in [3.05, 3.63) is 96.6 Å². The number of nitrogens with zero attached hydrogens (tertiary/aromatic N) is 3. The highest BCUT2D eigenvalue weighted by atomic mass is 16.2. The first kappa shape index (κ1) is 20.3. The average Bonchev–Trinajstić information content (AvgIpc) is 3.31. The lowest BCUT2D eigenvalue weighted by molar-refractivity contribution is 0.0697. The van der Waals surface area contributed by atoms with Crippen molar-refractivity contribution in [3.63, 3.8) is 0 Å². The molecule has 0 radical (unpaired) electrons. The highest BCUT2D eigenvalue weighted by molar-refractivity contribution is 5.94. The molecule has 1 aliphatic rings. The zero-order valence-corrected chi connectivity index (χ0v) is 18.3. The fourth-order valence-corrected chi connectivity index (χ4v) is 4.28. The van der Waals surface area contributed by atoms with E-state index in [1.807, 2.05) is 70.2 Å². The van der Waals surface area contributed by atoms with E-state index in [1.54, 1.807) is 0 Å². The summed E-state index contributed by atoms with van der Waals surface area (Å²) in [7, 11) is 0.